The number of ether oxygens (including phenoxy) is 3. The Morgan fingerprint density at radius 1 is 1.11 bits per heavy atom. The highest BCUT2D eigenvalue weighted by molar-refractivity contribution is 6.06. The Kier molecular flexibility index (Phi) is 6.45. The van der Waals surface area contributed by atoms with Crippen LogP contribution >= 0.6 is 0 Å². The topological polar surface area (TPSA) is 143 Å². The molecule has 0 unspecified atom stereocenters. The lowest BCUT2D eigenvalue weighted by molar-refractivity contribution is 0.0947. The molecule has 190 valence electrons. The molecule has 0 saturated carbocycles. The van der Waals surface area contributed by atoms with E-state index in [2.05, 4.69) is 30.8 Å². The smallest absolute Gasteiger partial charge is 0.274 e. The van der Waals surface area contributed by atoms with Crippen molar-refractivity contribution in [3.63, 3.8) is 0 Å². The molecule has 1 aliphatic heterocycles. The number of anilines is 2. The molecule has 1 aliphatic rings. The molecule has 0 radical (unpaired) electrons. The molecule has 5 rings (SSSR count). The molecule has 4 aromatic rings. The molecule has 0 bridgehead atoms. The fourth-order valence-electron chi connectivity index (χ4n) is 4.23. The van der Waals surface area contributed by atoms with Crippen molar-refractivity contribution >= 4 is 17.3 Å². The maximum absolute atomic E-state index is 14.4. The van der Waals surface area contributed by atoms with E-state index < -0.39 is 11.4 Å². The molecule has 11 nitrogen and oxygen atoms in total. The minimum atomic E-state index is -0.549. The molecule has 0 atom stereocenters. The summed E-state index contributed by atoms with van der Waals surface area (Å²) in [6.45, 7) is 0.347. The first-order valence-electron chi connectivity index (χ1n) is 11.3. The second-order valence-electron chi connectivity index (χ2n) is 8.09. The number of pyridine rings is 1. The third-order valence-corrected chi connectivity index (χ3v) is 5.96. The zero-order valence-corrected chi connectivity index (χ0v) is 20.0. The van der Waals surface area contributed by atoms with E-state index in [1.54, 1.807) is 24.4 Å². The van der Waals surface area contributed by atoms with Gasteiger partial charge in [0, 0.05) is 30.4 Å². The number of aromatic amines is 2. The summed E-state index contributed by atoms with van der Waals surface area (Å²) in [6, 6.07) is 6.19. The lowest BCUT2D eigenvalue weighted by Crippen LogP contribution is -2.31. The molecule has 3 aromatic heterocycles. The van der Waals surface area contributed by atoms with Crippen molar-refractivity contribution in [1.29, 1.82) is 0 Å². The monoisotopic (exact) mass is 506 g/mol. The lowest BCUT2D eigenvalue weighted by atomic mass is 10.0. The number of nitrogens with zero attached hydrogens (tertiary/aromatic N) is 2. The number of carbonyl (C=O) groups excluding carboxylic acids is 1. The summed E-state index contributed by atoms with van der Waals surface area (Å²) in [5.74, 6) is -0.191. The van der Waals surface area contributed by atoms with Gasteiger partial charge >= 0.3 is 0 Å². The van der Waals surface area contributed by atoms with Crippen molar-refractivity contribution in [2.45, 2.75) is 13.0 Å². The van der Waals surface area contributed by atoms with Crippen LogP contribution in [-0.2, 0) is 13.0 Å². The van der Waals surface area contributed by atoms with Crippen LogP contribution in [0.15, 0.2) is 47.7 Å². The number of para-hydroxylation sites is 1. The van der Waals surface area contributed by atoms with E-state index in [1.165, 1.54) is 32.7 Å². The summed E-state index contributed by atoms with van der Waals surface area (Å²) in [5.41, 5.74) is 2.78. The van der Waals surface area contributed by atoms with E-state index in [1.807, 2.05) is 0 Å². The minimum absolute atomic E-state index is 0.00910. The molecule has 1 amide bonds. The largest absolute Gasteiger partial charge is 0.494 e. The SMILES string of the molecule is COc1cn[nH]c(=O)c1COc1cnccc1-c1[nH]c2c(c1Nc1cccc(F)c1OC)C(=O)NCC2. The zero-order chi connectivity index (χ0) is 25.9. The van der Waals surface area contributed by atoms with Crippen LogP contribution in [0.5, 0.6) is 17.2 Å². The number of fused-ring (bicyclic) bond motifs is 1. The van der Waals surface area contributed by atoms with Crippen molar-refractivity contribution < 1.29 is 23.4 Å². The molecule has 0 aliphatic carbocycles. The van der Waals surface area contributed by atoms with Crippen molar-refractivity contribution in [2.24, 2.45) is 0 Å². The Labute approximate surface area is 210 Å². The van der Waals surface area contributed by atoms with Gasteiger partial charge < -0.3 is 29.8 Å². The van der Waals surface area contributed by atoms with Crippen molar-refractivity contribution in [2.75, 3.05) is 26.1 Å². The molecular weight excluding hydrogens is 483 g/mol. The van der Waals surface area contributed by atoms with Crippen LogP contribution in [0.25, 0.3) is 11.3 Å². The van der Waals surface area contributed by atoms with Gasteiger partial charge in [-0.2, -0.15) is 5.10 Å². The van der Waals surface area contributed by atoms with E-state index in [0.29, 0.717) is 52.6 Å². The van der Waals surface area contributed by atoms with Gasteiger partial charge in [0.05, 0.1) is 54.8 Å². The Hall–Kier alpha value is -4.87. The summed E-state index contributed by atoms with van der Waals surface area (Å²) >= 11 is 0. The number of nitrogens with one attached hydrogen (secondary N) is 4. The van der Waals surface area contributed by atoms with E-state index in [0.717, 1.165) is 0 Å². The Balaban J connectivity index is 1.59. The number of aromatic nitrogens is 4. The molecule has 0 saturated heterocycles. The third kappa shape index (κ3) is 4.44. The zero-order valence-electron chi connectivity index (χ0n) is 20.0. The van der Waals surface area contributed by atoms with Gasteiger partial charge in [-0.3, -0.25) is 14.6 Å². The number of H-pyrrole nitrogens is 2. The van der Waals surface area contributed by atoms with Crippen LogP contribution < -0.4 is 30.4 Å². The minimum Gasteiger partial charge on any atom is -0.494 e. The van der Waals surface area contributed by atoms with Gasteiger partial charge in [-0.1, -0.05) is 6.07 Å². The average Bonchev–Trinajstić information content (AvgIpc) is 3.27. The fraction of sp³-hybridized carbons (Fsp3) is 0.200. The molecule has 0 fully saturated rings. The number of hydrogen-bond acceptors (Lipinski definition) is 8. The number of benzene rings is 1. The Morgan fingerprint density at radius 2 is 1.97 bits per heavy atom. The number of amides is 1. The Morgan fingerprint density at radius 3 is 2.78 bits per heavy atom. The number of hydrogen-bond donors (Lipinski definition) is 4. The standard InChI is InChI=1S/C25H23FN6O5/c1-35-18-11-29-32-24(33)14(18)12-37-19-10-27-8-6-13(19)21-22(20-16(30-21)7-9-28-25(20)34)31-17-5-3-4-15(26)23(17)36-2/h3-6,8,10-11,30-31H,7,9,12H2,1-2H3,(H,28,34)(H,32,33). The molecule has 12 heteroatoms. The van der Waals surface area contributed by atoms with Gasteiger partial charge in [0.15, 0.2) is 17.3 Å². The summed E-state index contributed by atoms with van der Waals surface area (Å²) in [7, 11) is 2.80. The second kappa shape index (κ2) is 10.0. The lowest BCUT2D eigenvalue weighted by Gasteiger charge is -2.17. The molecule has 4 N–H and O–H groups in total. The first-order chi connectivity index (χ1) is 18.0. The van der Waals surface area contributed by atoms with Crippen LogP contribution in [-0.4, -0.2) is 46.8 Å². The first kappa shape index (κ1) is 23.9. The summed E-state index contributed by atoms with van der Waals surface area (Å²) in [6.07, 6.45) is 5.04. The number of carbonyl (C=O) groups is 1. The van der Waals surface area contributed by atoms with Crippen molar-refractivity contribution in [1.82, 2.24) is 25.5 Å². The maximum Gasteiger partial charge on any atom is 0.274 e. The van der Waals surface area contributed by atoms with Crippen LogP contribution in [0, 0.1) is 5.82 Å². The predicted octanol–water partition coefficient (Wildman–Crippen LogP) is 2.92. The normalized spacial score (nSPS) is 12.5. The second-order valence-corrected chi connectivity index (χ2v) is 8.09. The first-order valence-corrected chi connectivity index (χ1v) is 11.3. The van der Waals surface area contributed by atoms with Crippen LogP contribution in [0.1, 0.15) is 21.6 Å². The van der Waals surface area contributed by atoms with E-state index >= 15 is 0 Å². The highest BCUT2D eigenvalue weighted by Crippen LogP contribution is 2.42. The fourth-order valence-corrected chi connectivity index (χ4v) is 4.23. The molecular formula is C25H23FN6O5. The Bertz CT molecular complexity index is 1530. The maximum atomic E-state index is 14.4. The van der Waals surface area contributed by atoms with Crippen molar-refractivity contribution in [3.8, 4) is 28.5 Å². The summed E-state index contributed by atoms with van der Waals surface area (Å²) in [5, 5.41) is 12.1. The van der Waals surface area contributed by atoms with E-state index in [-0.39, 0.29) is 29.6 Å². The van der Waals surface area contributed by atoms with Gasteiger partial charge in [0.25, 0.3) is 11.5 Å². The van der Waals surface area contributed by atoms with Crippen molar-refractivity contribution in [3.05, 3.63) is 75.8 Å². The highest BCUT2D eigenvalue weighted by atomic mass is 19.1. The van der Waals surface area contributed by atoms with Gasteiger partial charge in [0.2, 0.25) is 0 Å². The molecule has 4 heterocycles. The van der Waals surface area contributed by atoms with Crippen LogP contribution in [0.3, 0.4) is 0 Å². The number of methoxy groups -OCH3 is 2. The third-order valence-electron chi connectivity index (χ3n) is 5.96. The molecule has 37 heavy (non-hydrogen) atoms. The van der Waals surface area contributed by atoms with Gasteiger partial charge in [-0.05, 0) is 18.2 Å². The predicted molar refractivity (Wildman–Crippen MR) is 132 cm³/mol. The molecule has 0 spiro atoms. The van der Waals surface area contributed by atoms with Gasteiger partial charge in [0.1, 0.15) is 12.4 Å². The van der Waals surface area contributed by atoms with E-state index in [4.69, 9.17) is 14.2 Å². The van der Waals surface area contributed by atoms with Gasteiger partial charge in [-0.15, -0.1) is 0 Å². The average molecular weight is 506 g/mol. The quantitative estimate of drug-likeness (QED) is 0.286. The number of halogens is 1. The molecule has 1 aromatic carbocycles. The highest BCUT2D eigenvalue weighted by Gasteiger charge is 2.29. The summed E-state index contributed by atoms with van der Waals surface area (Å²) < 4.78 is 30.9. The van der Waals surface area contributed by atoms with E-state index in [9.17, 15) is 14.0 Å². The number of rotatable bonds is 8. The van der Waals surface area contributed by atoms with Crippen LogP contribution in [0.4, 0.5) is 15.8 Å². The summed E-state index contributed by atoms with van der Waals surface area (Å²) in [4.78, 5) is 32.7. The van der Waals surface area contributed by atoms with Gasteiger partial charge in [-0.25, -0.2) is 9.49 Å². The van der Waals surface area contributed by atoms with Crippen LogP contribution in [0.2, 0.25) is 0 Å².